The lowest BCUT2D eigenvalue weighted by atomic mass is 10.1. The number of nitriles is 1. The Kier molecular flexibility index (Phi) is 4.26. The molecule has 108 valence electrons. The van der Waals surface area contributed by atoms with Crippen molar-refractivity contribution in [2.45, 2.75) is 18.4 Å². The van der Waals surface area contributed by atoms with Crippen molar-refractivity contribution in [3.8, 4) is 6.07 Å². The molecule has 21 heavy (non-hydrogen) atoms. The smallest absolute Gasteiger partial charge is 0.242 e. The van der Waals surface area contributed by atoms with Gasteiger partial charge >= 0.3 is 0 Å². The number of nitrogen functional groups attached to an aromatic ring is 1. The molecule has 0 amide bonds. The second-order valence-corrected chi connectivity index (χ2v) is 6.30. The number of hydrogen-bond acceptors (Lipinski definition) is 4. The van der Waals surface area contributed by atoms with Crippen molar-refractivity contribution >= 4 is 15.7 Å². The summed E-state index contributed by atoms with van der Waals surface area (Å²) in [7, 11) is -3.74. The molecule has 0 aromatic heterocycles. The highest BCUT2D eigenvalue weighted by Crippen LogP contribution is 2.18. The minimum Gasteiger partial charge on any atom is -0.399 e. The van der Waals surface area contributed by atoms with E-state index in [9.17, 15) is 8.42 Å². The topological polar surface area (TPSA) is 96.0 Å². The SMILES string of the molecule is Cc1c(N)cccc1CNS(=O)(=O)c1ccccc1C#N. The molecule has 2 aromatic rings. The Labute approximate surface area is 124 Å². The first-order chi connectivity index (χ1) is 9.95. The van der Waals surface area contributed by atoms with Crippen LogP contribution in [0, 0.1) is 18.3 Å². The van der Waals surface area contributed by atoms with Crippen LogP contribution in [0.25, 0.3) is 0 Å². The average Bonchev–Trinajstić information content (AvgIpc) is 2.48. The summed E-state index contributed by atoms with van der Waals surface area (Å²) < 4.78 is 27.1. The molecule has 5 nitrogen and oxygen atoms in total. The zero-order valence-corrected chi connectivity index (χ0v) is 12.3. The maximum atomic E-state index is 12.3. The van der Waals surface area contributed by atoms with E-state index in [-0.39, 0.29) is 17.0 Å². The molecule has 0 saturated heterocycles. The van der Waals surface area contributed by atoms with E-state index in [0.29, 0.717) is 5.69 Å². The fraction of sp³-hybridized carbons (Fsp3) is 0.133. The molecule has 0 aliphatic carbocycles. The molecule has 0 aliphatic heterocycles. The van der Waals surface area contributed by atoms with Gasteiger partial charge in [0.05, 0.1) is 10.5 Å². The molecular weight excluding hydrogens is 286 g/mol. The van der Waals surface area contributed by atoms with Gasteiger partial charge in [-0.1, -0.05) is 24.3 Å². The maximum absolute atomic E-state index is 12.3. The number of nitrogens with two attached hydrogens (primary N) is 1. The van der Waals surface area contributed by atoms with Gasteiger partial charge in [-0.05, 0) is 36.2 Å². The standard InChI is InChI=1S/C15H15N3O2S/c1-11-13(6-4-7-14(11)17)10-18-21(19,20)15-8-3-2-5-12(15)9-16/h2-8,18H,10,17H2,1H3. The summed E-state index contributed by atoms with van der Waals surface area (Å²) in [5.74, 6) is 0. The Morgan fingerprint density at radius 2 is 1.90 bits per heavy atom. The minimum absolute atomic E-state index is 0.0194. The summed E-state index contributed by atoms with van der Waals surface area (Å²) in [6.07, 6.45) is 0. The van der Waals surface area contributed by atoms with Crippen molar-refractivity contribution in [2.24, 2.45) is 0 Å². The largest absolute Gasteiger partial charge is 0.399 e. The van der Waals surface area contributed by atoms with E-state index < -0.39 is 10.0 Å². The van der Waals surface area contributed by atoms with Crippen molar-refractivity contribution in [2.75, 3.05) is 5.73 Å². The third kappa shape index (κ3) is 3.21. The molecule has 0 spiro atoms. The summed E-state index contributed by atoms with van der Waals surface area (Å²) in [6.45, 7) is 1.96. The van der Waals surface area contributed by atoms with Gasteiger partial charge in [0.15, 0.2) is 0 Å². The fourth-order valence-electron chi connectivity index (χ4n) is 1.94. The predicted octanol–water partition coefficient (Wildman–Crippen LogP) is 1.93. The number of anilines is 1. The lowest BCUT2D eigenvalue weighted by Crippen LogP contribution is -2.24. The van der Waals surface area contributed by atoms with Crippen LogP contribution >= 0.6 is 0 Å². The maximum Gasteiger partial charge on any atom is 0.242 e. The molecule has 0 radical (unpaired) electrons. The zero-order chi connectivity index (χ0) is 15.5. The molecule has 0 fully saturated rings. The quantitative estimate of drug-likeness (QED) is 0.843. The Bertz CT molecular complexity index is 808. The normalized spacial score (nSPS) is 11.0. The van der Waals surface area contributed by atoms with Crippen molar-refractivity contribution in [1.82, 2.24) is 4.72 Å². The first kappa shape index (κ1) is 15.0. The number of sulfonamides is 1. The van der Waals surface area contributed by atoms with Crippen molar-refractivity contribution in [3.05, 3.63) is 59.2 Å². The number of hydrogen-bond donors (Lipinski definition) is 2. The molecule has 0 bridgehead atoms. The highest BCUT2D eigenvalue weighted by atomic mass is 32.2. The van der Waals surface area contributed by atoms with Crippen molar-refractivity contribution < 1.29 is 8.42 Å². The van der Waals surface area contributed by atoms with Gasteiger partial charge in [0, 0.05) is 12.2 Å². The van der Waals surface area contributed by atoms with E-state index in [0.717, 1.165) is 11.1 Å². The molecule has 2 aromatic carbocycles. The van der Waals surface area contributed by atoms with E-state index in [2.05, 4.69) is 4.72 Å². The first-order valence-corrected chi connectivity index (χ1v) is 7.77. The molecule has 0 atom stereocenters. The van der Waals surface area contributed by atoms with Crippen LogP contribution in [0.1, 0.15) is 16.7 Å². The van der Waals surface area contributed by atoms with Gasteiger partial charge in [-0.25, -0.2) is 13.1 Å². The summed E-state index contributed by atoms with van der Waals surface area (Å²) in [5, 5.41) is 8.99. The van der Waals surface area contributed by atoms with Gasteiger partial charge in [0.2, 0.25) is 10.0 Å². The van der Waals surface area contributed by atoms with Gasteiger partial charge in [0.1, 0.15) is 6.07 Å². The van der Waals surface area contributed by atoms with E-state index in [4.69, 9.17) is 11.0 Å². The predicted molar refractivity (Wildman–Crippen MR) is 80.8 cm³/mol. The highest BCUT2D eigenvalue weighted by Gasteiger charge is 2.18. The van der Waals surface area contributed by atoms with E-state index >= 15 is 0 Å². The van der Waals surface area contributed by atoms with Gasteiger partial charge in [-0.3, -0.25) is 0 Å². The lowest BCUT2D eigenvalue weighted by molar-refractivity contribution is 0.581. The Morgan fingerprint density at radius 3 is 2.62 bits per heavy atom. The van der Waals surface area contributed by atoms with Crippen molar-refractivity contribution in [1.29, 1.82) is 5.26 Å². The second kappa shape index (κ2) is 5.95. The van der Waals surface area contributed by atoms with Gasteiger partial charge in [-0.2, -0.15) is 5.26 Å². The van der Waals surface area contributed by atoms with E-state index in [1.54, 1.807) is 24.3 Å². The molecule has 0 heterocycles. The first-order valence-electron chi connectivity index (χ1n) is 6.28. The van der Waals surface area contributed by atoms with Crippen LogP contribution in [0.15, 0.2) is 47.4 Å². The third-order valence-corrected chi connectivity index (χ3v) is 4.70. The summed E-state index contributed by atoms with van der Waals surface area (Å²) >= 11 is 0. The number of nitrogens with one attached hydrogen (secondary N) is 1. The molecule has 2 rings (SSSR count). The van der Waals surface area contributed by atoms with Gasteiger partial charge < -0.3 is 5.73 Å². The summed E-state index contributed by atoms with van der Waals surface area (Å²) in [5.41, 5.74) is 8.17. The molecule has 3 N–H and O–H groups in total. The summed E-state index contributed by atoms with van der Waals surface area (Å²) in [6, 6.07) is 13.3. The highest BCUT2D eigenvalue weighted by molar-refractivity contribution is 7.89. The number of rotatable bonds is 4. The van der Waals surface area contributed by atoms with Gasteiger partial charge in [0.25, 0.3) is 0 Å². The van der Waals surface area contributed by atoms with Crippen LogP contribution in [0.4, 0.5) is 5.69 Å². The van der Waals surface area contributed by atoms with Crippen LogP contribution in [-0.2, 0) is 16.6 Å². The van der Waals surface area contributed by atoms with E-state index in [1.807, 2.05) is 19.1 Å². The molecule has 0 aliphatic rings. The molecular formula is C15H15N3O2S. The lowest BCUT2D eigenvalue weighted by Gasteiger charge is -2.11. The minimum atomic E-state index is -3.74. The monoisotopic (exact) mass is 301 g/mol. The Balaban J connectivity index is 2.27. The Morgan fingerprint density at radius 1 is 1.19 bits per heavy atom. The van der Waals surface area contributed by atoms with Crippen LogP contribution in [-0.4, -0.2) is 8.42 Å². The zero-order valence-electron chi connectivity index (χ0n) is 11.5. The van der Waals surface area contributed by atoms with Crippen LogP contribution in [0.2, 0.25) is 0 Å². The van der Waals surface area contributed by atoms with Crippen LogP contribution in [0.3, 0.4) is 0 Å². The van der Waals surface area contributed by atoms with Gasteiger partial charge in [-0.15, -0.1) is 0 Å². The number of nitrogens with zero attached hydrogens (tertiary/aromatic N) is 1. The molecule has 6 heteroatoms. The number of benzene rings is 2. The van der Waals surface area contributed by atoms with Crippen LogP contribution < -0.4 is 10.5 Å². The summed E-state index contributed by atoms with van der Waals surface area (Å²) in [4.78, 5) is -0.0194. The fourth-order valence-corrected chi connectivity index (χ4v) is 3.10. The third-order valence-electron chi connectivity index (χ3n) is 3.24. The molecule has 0 unspecified atom stereocenters. The second-order valence-electron chi connectivity index (χ2n) is 4.56. The van der Waals surface area contributed by atoms with Crippen molar-refractivity contribution in [3.63, 3.8) is 0 Å². The van der Waals surface area contributed by atoms with Crippen LogP contribution in [0.5, 0.6) is 0 Å². The molecule has 0 saturated carbocycles. The van der Waals surface area contributed by atoms with E-state index in [1.165, 1.54) is 12.1 Å². The average molecular weight is 301 g/mol. The Hall–Kier alpha value is -2.36.